The number of aromatic nitrogens is 1. The van der Waals surface area contributed by atoms with Crippen LogP contribution in [0.1, 0.15) is 29.9 Å². The van der Waals surface area contributed by atoms with Gasteiger partial charge in [0.25, 0.3) is 5.91 Å². The van der Waals surface area contributed by atoms with E-state index in [9.17, 15) is 4.79 Å². The summed E-state index contributed by atoms with van der Waals surface area (Å²) in [6.07, 6.45) is 1.47. The van der Waals surface area contributed by atoms with E-state index in [0.717, 1.165) is 0 Å². The fourth-order valence-corrected chi connectivity index (χ4v) is 1.47. The summed E-state index contributed by atoms with van der Waals surface area (Å²) in [4.78, 5) is 16.0. The zero-order valence-electron chi connectivity index (χ0n) is 10.5. The number of nitrogens with two attached hydrogens (primary N) is 1. The lowest BCUT2D eigenvalue weighted by atomic mass is 10.2. The second-order valence-electron chi connectivity index (χ2n) is 3.77. The first kappa shape index (κ1) is 14.5. The van der Waals surface area contributed by atoms with E-state index in [2.05, 4.69) is 10.3 Å². The van der Waals surface area contributed by atoms with E-state index >= 15 is 0 Å². The van der Waals surface area contributed by atoms with Gasteiger partial charge in [-0.3, -0.25) is 9.78 Å². The second kappa shape index (κ2) is 7.03. The molecule has 1 heterocycles. The number of ether oxygens (including phenoxy) is 1. The average molecular weight is 267 g/mol. The van der Waals surface area contributed by atoms with Crippen LogP contribution in [0.4, 0.5) is 0 Å². The fraction of sp³-hybridized carbons (Fsp3) is 0.417. The predicted octanol–water partition coefficient (Wildman–Crippen LogP) is 0.871. The molecule has 5 nitrogen and oxygen atoms in total. The molecule has 1 unspecified atom stereocenters. The van der Waals surface area contributed by atoms with Gasteiger partial charge in [0.05, 0.1) is 6.10 Å². The highest BCUT2D eigenvalue weighted by molar-refractivity contribution is 7.80. The average Bonchev–Trinajstić information content (AvgIpc) is 2.36. The van der Waals surface area contributed by atoms with Gasteiger partial charge in [0.2, 0.25) is 0 Å². The fourth-order valence-electron chi connectivity index (χ4n) is 1.34. The summed E-state index contributed by atoms with van der Waals surface area (Å²) in [5.41, 5.74) is 6.42. The third kappa shape index (κ3) is 4.38. The number of hydrogen-bond acceptors (Lipinski definition) is 4. The van der Waals surface area contributed by atoms with Crippen molar-refractivity contribution in [1.29, 1.82) is 0 Å². The molecule has 1 aromatic heterocycles. The van der Waals surface area contributed by atoms with E-state index in [1.165, 1.54) is 6.20 Å². The Bertz CT molecular complexity index is 420. The molecule has 0 saturated carbocycles. The minimum atomic E-state index is -0.240. The van der Waals surface area contributed by atoms with Crippen LogP contribution in [0.5, 0.6) is 0 Å². The van der Waals surface area contributed by atoms with E-state index in [4.69, 9.17) is 22.7 Å². The number of hydrogen-bond donors (Lipinski definition) is 2. The number of nitrogens with one attached hydrogen (secondary N) is 1. The summed E-state index contributed by atoms with van der Waals surface area (Å²) in [6.45, 7) is 4.88. The quantitative estimate of drug-likeness (QED) is 0.748. The summed E-state index contributed by atoms with van der Waals surface area (Å²) in [6, 6.07) is 3.27. The van der Waals surface area contributed by atoms with Gasteiger partial charge in [0.15, 0.2) is 0 Å². The van der Waals surface area contributed by atoms with Crippen molar-refractivity contribution in [2.45, 2.75) is 20.0 Å². The molecule has 1 atom stereocenters. The molecule has 0 aliphatic heterocycles. The van der Waals surface area contributed by atoms with Gasteiger partial charge < -0.3 is 15.8 Å². The van der Waals surface area contributed by atoms with Crippen LogP contribution in [0.25, 0.3) is 0 Å². The molecule has 0 fully saturated rings. The smallest absolute Gasteiger partial charge is 0.269 e. The van der Waals surface area contributed by atoms with Crippen molar-refractivity contribution < 1.29 is 9.53 Å². The molecule has 0 aliphatic carbocycles. The molecule has 0 aromatic carbocycles. The highest BCUT2D eigenvalue weighted by Gasteiger charge is 2.09. The number of carbonyl (C=O) groups excluding carboxylic acids is 1. The van der Waals surface area contributed by atoms with Crippen molar-refractivity contribution in [3.63, 3.8) is 0 Å². The summed E-state index contributed by atoms with van der Waals surface area (Å²) in [5, 5.41) is 2.74. The van der Waals surface area contributed by atoms with Crippen molar-refractivity contribution in [2.75, 3.05) is 13.2 Å². The molecule has 0 radical (unpaired) electrons. The second-order valence-corrected chi connectivity index (χ2v) is 4.21. The van der Waals surface area contributed by atoms with Gasteiger partial charge >= 0.3 is 0 Å². The molecule has 1 aromatic rings. The van der Waals surface area contributed by atoms with Gasteiger partial charge in [0.1, 0.15) is 10.7 Å². The Balaban J connectivity index is 2.54. The van der Waals surface area contributed by atoms with Crippen molar-refractivity contribution in [1.82, 2.24) is 10.3 Å². The normalized spacial score (nSPS) is 11.9. The molecule has 0 spiro atoms. The molecular weight excluding hydrogens is 250 g/mol. The molecule has 18 heavy (non-hydrogen) atoms. The zero-order valence-corrected chi connectivity index (χ0v) is 11.3. The summed E-state index contributed by atoms with van der Waals surface area (Å²) < 4.78 is 5.31. The highest BCUT2D eigenvalue weighted by atomic mass is 32.1. The first-order chi connectivity index (χ1) is 8.54. The van der Waals surface area contributed by atoms with Crippen LogP contribution in [0, 0.1) is 0 Å². The van der Waals surface area contributed by atoms with Crippen molar-refractivity contribution in [3.8, 4) is 0 Å². The number of rotatable bonds is 6. The summed E-state index contributed by atoms with van der Waals surface area (Å²) >= 11 is 4.81. The standard InChI is InChI=1S/C12H17N3O2S/c1-3-17-8(2)6-15-12(16)10-5-4-9(7-14-10)11(13)18/h4-5,7-8H,3,6H2,1-2H3,(H2,13,18)(H,15,16). The maximum absolute atomic E-state index is 11.7. The highest BCUT2D eigenvalue weighted by Crippen LogP contribution is 2.00. The van der Waals surface area contributed by atoms with Gasteiger partial charge in [-0.05, 0) is 26.0 Å². The monoisotopic (exact) mass is 267 g/mol. The van der Waals surface area contributed by atoms with E-state index < -0.39 is 0 Å². The minimum Gasteiger partial charge on any atom is -0.389 e. The number of thiocarbonyl (C=S) groups is 1. The maximum Gasteiger partial charge on any atom is 0.269 e. The van der Waals surface area contributed by atoms with E-state index in [1.54, 1.807) is 12.1 Å². The lowest BCUT2D eigenvalue weighted by Crippen LogP contribution is -2.32. The van der Waals surface area contributed by atoms with Gasteiger partial charge in [-0.15, -0.1) is 0 Å². The molecule has 98 valence electrons. The first-order valence-electron chi connectivity index (χ1n) is 5.70. The van der Waals surface area contributed by atoms with Gasteiger partial charge in [0, 0.05) is 24.9 Å². The molecule has 6 heteroatoms. The van der Waals surface area contributed by atoms with Crippen molar-refractivity contribution in [2.24, 2.45) is 5.73 Å². The van der Waals surface area contributed by atoms with Crippen molar-refractivity contribution >= 4 is 23.1 Å². The van der Waals surface area contributed by atoms with Crippen LogP contribution in [-0.4, -0.2) is 35.1 Å². The van der Waals surface area contributed by atoms with Crippen LogP contribution >= 0.6 is 12.2 Å². The minimum absolute atomic E-state index is 0.0187. The van der Waals surface area contributed by atoms with Gasteiger partial charge in [-0.2, -0.15) is 0 Å². The zero-order chi connectivity index (χ0) is 13.5. The number of nitrogens with zero attached hydrogens (tertiary/aromatic N) is 1. The van der Waals surface area contributed by atoms with E-state index in [-0.39, 0.29) is 17.0 Å². The summed E-state index contributed by atoms with van der Waals surface area (Å²) in [5.74, 6) is -0.240. The lowest BCUT2D eigenvalue weighted by Gasteiger charge is -2.12. The summed E-state index contributed by atoms with van der Waals surface area (Å²) in [7, 11) is 0. The third-order valence-corrected chi connectivity index (χ3v) is 2.52. The Morgan fingerprint density at radius 1 is 1.61 bits per heavy atom. The Hall–Kier alpha value is -1.53. The molecule has 0 aliphatic rings. The molecule has 1 rings (SSSR count). The Labute approximate surface area is 112 Å². The predicted molar refractivity (Wildman–Crippen MR) is 73.5 cm³/mol. The molecule has 1 amide bonds. The van der Waals surface area contributed by atoms with Crippen LogP contribution in [0.2, 0.25) is 0 Å². The van der Waals surface area contributed by atoms with E-state index in [0.29, 0.717) is 24.4 Å². The van der Waals surface area contributed by atoms with Crippen LogP contribution in [0.3, 0.4) is 0 Å². The number of amides is 1. The van der Waals surface area contributed by atoms with E-state index in [1.807, 2.05) is 13.8 Å². The molecule has 0 saturated heterocycles. The van der Waals surface area contributed by atoms with Crippen molar-refractivity contribution in [3.05, 3.63) is 29.6 Å². The van der Waals surface area contributed by atoms with Gasteiger partial charge in [-0.25, -0.2) is 0 Å². The Morgan fingerprint density at radius 2 is 2.33 bits per heavy atom. The van der Waals surface area contributed by atoms with Gasteiger partial charge in [-0.1, -0.05) is 12.2 Å². The molecular formula is C12H17N3O2S. The number of pyridine rings is 1. The number of carbonyl (C=O) groups is 1. The van der Waals surface area contributed by atoms with Crippen LogP contribution in [-0.2, 0) is 4.74 Å². The molecule has 0 bridgehead atoms. The Kier molecular flexibility index (Phi) is 5.67. The van der Waals surface area contributed by atoms with Crippen LogP contribution in [0.15, 0.2) is 18.3 Å². The lowest BCUT2D eigenvalue weighted by molar-refractivity contribution is 0.0693. The largest absolute Gasteiger partial charge is 0.389 e. The topological polar surface area (TPSA) is 77.2 Å². The Morgan fingerprint density at radius 3 is 2.83 bits per heavy atom. The molecule has 3 N–H and O–H groups in total. The maximum atomic E-state index is 11.7. The third-order valence-electron chi connectivity index (χ3n) is 2.28. The van der Waals surface area contributed by atoms with Crippen LogP contribution < -0.4 is 11.1 Å². The first-order valence-corrected chi connectivity index (χ1v) is 6.11. The SMILES string of the molecule is CCOC(C)CNC(=O)c1ccc(C(N)=S)cn1.